The third kappa shape index (κ3) is 8.81. The largest absolute Gasteiger partial charge is 0.465 e. The van der Waals surface area contributed by atoms with Gasteiger partial charge in [0, 0.05) is 24.9 Å². The van der Waals surface area contributed by atoms with Crippen molar-refractivity contribution in [3.05, 3.63) is 60.2 Å². The second kappa shape index (κ2) is 14.3. The van der Waals surface area contributed by atoms with Crippen molar-refractivity contribution in [2.75, 3.05) is 13.2 Å². The predicted octanol–water partition coefficient (Wildman–Crippen LogP) is 2.11. The number of carboxylic acid groups (broad SMARTS) is 1. The zero-order valence-electron chi connectivity index (χ0n) is 22.4. The molecule has 4 amide bonds. The Morgan fingerprint density at radius 1 is 1.03 bits per heavy atom. The SMILES string of the molecule is CC(C)C[C@H](NC(=O)[C@H](Cc1cccc2ccccc12)NC(=O)O)C(=O)N[C@H](/C=C/CO)C[C@@H]1CCNC1=O. The van der Waals surface area contributed by atoms with Gasteiger partial charge in [0.15, 0.2) is 0 Å². The van der Waals surface area contributed by atoms with E-state index in [2.05, 4.69) is 21.3 Å². The Hall–Kier alpha value is -3.92. The summed E-state index contributed by atoms with van der Waals surface area (Å²) in [5.41, 5.74) is 0.802. The molecular weight excluding hydrogens is 500 g/mol. The van der Waals surface area contributed by atoms with Crippen molar-refractivity contribution < 1.29 is 29.4 Å². The van der Waals surface area contributed by atoms with Gasteiger partial charge in [0.1, 0.15) is 12.1 Å². The summed E-state index contributed by atoms with van der Waals surface area (Å²) in [6.07, 6.45) is 3.25. The number of fused-ring (bicyclic) bond motifs is 1. The van der Waals surface area contributed by atoms with Gasteiger partial charge in [0.05, 0.1) is 6.61 Å². The summed E-state index contributed by atoms with van der Waals surface area (Å²) in [6.45, 7) is 4.20. The summed E-state index contributed by atoms with van der Waals surface area (Å²) in [7, 11) is 0. The highest BCUT2D eigenvalue weighted by Gasteiger charge is 2.31. The molecule has 0 bridgehead atoms. The van der Waals surface area contributed by atoms with Crippen molar-refractivity contribution in [1.82, 2.24) is 21.3 Å². The van der Waals surface area contributed by atoms with Crippen LogP contribution in [0.2, 0.25) is 0 Å². The van der Waals surface area contributed by atoms with Gasteiger partial charge in [-0.25, -0.2) is 4.79 Å². The lowest BCUT2D eigenvalue weighted by molar-refractivity contribution is -0.130. The zero-order chi connectivity index (χ0) is 28.4. The summed E-state index contributed by atoms with van der Waals surface area (Å²) < 4.78 is 0. The van der Waals surface area contributed by atoms with Crippen molar-refractivity contribution in [2.24, 2.45) is 11.8 Å². The van der Waals surface area contributed by atoms with E-state index in [9.17, 15) is 29.4 Å². The monoisotopic (exact) mass is 538 g/mol. The van der Waals surface area contributed by atoms with Crippen LogP contribution in [0.15, 0.2) is 54.6 Å². The van der Waals surface area contributed by atoms with E-state index in [1.165, 1.54) is 6.08 Å². The van der Waals surface area contributed by atoms with Crippen LogP contribution in [-0.2, 0) is 20.8 Å². The molecule has 1 aliphatic rings. The third-order valence-electron chi connectivity index (χ3n) is 6.76. The topological polar surface area (TPSA) is 157 Å². The van der Waals surface area contributed by atoms with Gasteiger partial charge >= 0.3 is 6.09 Å². The number of nitrogens with one attached hydrogen (secondary N) is 4. The Balaban J connectivity index is 1.77. The summed E-state index contributed by atoms with van der Waals surface area (Å²) >= 11 is 0. The van der Waals surface area contributed by atoms with Crippen molar-refractivity contribution in [3.8, 4) is 0 Å². The highest BCUT2D eigenvalue weighted by molar-refractivity contribution is 5.92. The third-order valence-corrected chi connectivity index (χ3v) is 6.76. The molecule has 0 spiro atoms. The average molecular weight is 539 g/mol. The van der Waals surface area contributed by atoms with Crippen molar-refractivity contribution in [1.29, 1.82) is 0 Å². The van der Waals surface area contributed by atoms with E-state index in [-0.39, 0.29) is 30.8 Å². The van der Waals surface area contributed by atoms with Crippen molar-refractivity contribution >= 4 is 34.6 Å². The molecule has 6 N–H and O–H groups in total. The van der Waals surface area contributed by atoms with Crippen LogP contribution in [0.5, 0.6) is 0 Å². The summed E-state index contributed by atoms with van der Waals surface area (Å²) in [5, 5.41) is 31.3. The molecule has 39 heavy (non-hydrogen) atoms. The number of aliphatic hydroxyl groups is 1. The molecule has 0 aromatic heterocycles. The van der Waals surface area contributed by atoms with Gasteiger partial charge in [0.25, 0.3) is 0 Å². The average Bonchev–Trinajstić information content (AvgIpc) is 3.30. The second-order valence-corrected chi connectivity index (χ2v) is 10.3. The molecule has 0 unspecified atom stereocenters. The maximum absolute atomic E-state index is 13.4. The molecule has 10 heteroatoms. The lowest BCUT2D eigenvalue weighted by Gasteiger charge is -2.26. The molecule has 0 saturated carbocycles. The van der Waals surface area contributed by atoms with Crippen LogP contribution in [0.25, 0.3) is 10.8 Å². The van der Waals surface area contributed by atoms with Crippen LogP contribution in [0.3, 0.4) is 0 Å². The first-order valence-corrected chi connectivity index (χ1v) is 13.3. The molecule has 0 aliphatic carbocycles. The lowest BCUT2D eigenvalue weighted by atomic mass is 9.96. The standard InChI is InChI=1S/C29H38N4O6/c1-18(2)15-24(27(36)31-22(10-6-14-34)16-21-12-13-30-26(21)35)32-28(37)25(33-29(38)39)17-20-9-5-8-19-7-3-4-11-23(19)20/h3-11,18,21-22,24-25,33-34H,12-17H2,1-2H3,(H,30,35)(H,31,36)(H,32,37)(H,38,39)/b10-6+/t21-,22+,24-,25-/m0/s1. The van der Waals surface area contributed by atoms with E-state index in [1.54, 1.807) is 6.08 Å². The van der Waals surface area contributed by atoms with Gasteiger partial charge < -0.3 is 31.5 Å². The van der Waals surface area contributed by atoms with E-state index in [0.717, 1.165) is 16.3 Å². The first kappa shape index (κ1) is 29.6. The Kier molecular flexibility index (Phi) is 10.9. The molecule has 1 fully saturated rings. The second-order valence-electron chi connectivity index (χ2n) is 10.3. The number of rotatable bonds is 13. The van der Waals surface area contributed by atoms with Crippen LogP contribution in [0.1, 0.15) is 38.7 Å². The van der Waals surface area contributed by atoms with Gasteiger partial charge in [-0.3, -0.25) is 14.4 Å². The van der Waals surface area contributed by atoms with Crippen LogP contribution in [0, 0.1) is 11.8 Å². The maximum Gasteiger partial charge on any atom is 0.405 e. The molecular formula is C29H38N4O6. The number of carbonyl (C=O) groups is 4. The fraction of sp³-hybridized carbons (Fsp3) is 0.448. The molecule has 4 atom stereocenters. The van der Waals surface area contributed by atoms with E-state index >= 15 is 0 Å². The molecule has 0 radical (unpaired) electrons. The fourth-order valence-electron chi connectivity index (χ4n) is 4.89. The zero-order valence-corrected chi connectivity index (χ0v) is 22.4. The minimum atomic E-state index is -1.34. The minimum absolute atomic E-state index is 0.0528. The number of carbonyl (C=O) groups excluding carboxylic acids is 3. The van der Waals surface area contributed by atoms with Gasteiger partial charge in [-0.05, 0) is 41.5 Å². The van der Waals surface area contributed by atoms with E-state index in [4.69, 9.17) is 0 Å². The fourth-order valence-corrected chi connectivity index (χ4v) is 4.89. The lowest BCUT2D eigenvalue weighted by Crippen LogP contribution is -2.55. The van der Waals surface area contributed by atoms with E-state index in [1.807, 2.05) is 56.3 Å². The first-order chi connectivity index (χ1) is 18.7. The number of hydrogen-bond donors (Lipinski definition) is 6. The Morgan fingerprint density at radius 3 is 2.41 bits per heavy atom. The van der Waals surface area contributed by atoms with E-state index < -0.39 is 36.0 Å². The highest BCUT2D eigenvalue weighted by Crippen LogP contribution is 2.20. The normalized spacial score (nSPS) is 17.5. The number of aliphatic hydroxyl groups excluding tert-OH is 1. The van der Waals surface area contributed by atoms with Crippen molar-refractivity contribution in [2.45, 2.75) is 57.7 Å². The number of hydrogen-bond acceptors (Lipinski definition) is 5. The molecule has 1 saturated heterocycles. The van der Waals surface area contributed by atoms with E-state index in [0.29, 0.717) is 25.8 Å². The Labute approximate surface area is 228 Å². The van der Waals surface area contributed by atoms with Gasteiger partial charge in [-0.1, -0.05) is 68.5 Å². The molecule has 2 aromatic carbocycles. The molecule has 210 valence electrons. The summed E-state index contributed by atoms with van der Waals surface area (Å²) in [5.74, 6) is -1.33. The highest BCUT2D eigenvalue weighted by atomic mass is 16.4. The Bertz CT molecular complexity index is 1190. The van der Waals surface area contributed by atoms with Crippen LogP contribution >= 0.6 is 0 Å². The van der Waals surface area contributed by atoms with Gasteiger partial charge in [-0.2, -0.15) is 0 Å². The van der Waals surface area contributed by atoms with Crippen molar-refractivity contribution in [3.63, 3.8) is 0 Å². The quantitative estimate of drug-likeness (QED) is 0.215. The van der Waals surface area contributed by atoms with Gasteiger partial charge in [-0.15, -0.1) is 0 Å². The van der Waals surface area contributed by atoms with Crippen LogP contribution < -0.4 is 21.3 Å². The molecule has 1 heterocycles. The smallest absolute Gasteiger partial charge is 0.405 e. The van der Waals surface area contributed by atoms with Gasteiger partial charge in [0.2, 0.25) is 17.7 Å². The first-order valence-electron chi connectivity index (χ1n) is 13.3. The number of benzene rings is 2. The molecule has 2 aromatic rings. The summed E-state index contributed by atoms with van der Waals surface area (Å²) in [4.78, 5) is 50.4. The number of amides is 4. The maximum atomic E-state index is 13.4. The van der Waals surface area contributed by atoms with Crippen LogP contribution in [0.4, 0.5) is 4.79 Å². The predicted molar refractivity (Wildman–Crippen MR) is 148 cm³/mol. The van der Waals surface area contributed by atoms with Crippen LogP contribution in [-0.4, -0.2) is 65.3 Å². The molecule has 10 nitrogen and oxygen atoms in total. The molecule has 3 rings (SSSR count). The minimum Gasteiger partial charge on any atom is -0.465 e. The summed E-state index contributed by atoms with van der Waals surface area (Å²) in [6, 6.07) is 10.7. The Morgan fingerprint density at radius 2 is 1.74 bits per heavy atom. The molecule has 1 aliphatic heterocycles.